The Balaban J connectivity index is 1.64. The molecule has 0 amide bonds. The molecule has 0 heterocycles. The molecule has 0 aliphatic rings. The molecule has 3 aromatic carbocycles. The Morgan fingerprint density at radius 1 is 0.929 bits per heavy atom. The standard InChI is InChI=1S/C22H21ClO4S/c23-19-9-12-21(13-10-19)28(25,26)14-4-7-18-8-11-20(24)15-22(18)27-16-17-5-2-1-3-6-17/h1-3,5-6,8-13,15,24H,4,7,14,16H2. The molecule has 6 heteroatoms. The highest BCUT2D eigenvalue weighted by atomic mass is 35.5. The molecular formula is C22H21ClO4S. The van der Waals surface area contributed by atoms with E-state index in [0.717, 1.165) is 11.1 Å². The fraction of sp³-hybridized carbons (Fsp3) is 0.182. The molecule has 0 saturated heterocycles. The average Bonchev–Trinajstić information content (AvgIpc) is 2.69. The van der Waals surface area contributed by atoms with E-state index in [1.807, 2.05) is 30.3 Å². The summed E-state index contributed by atoms with van der Waals surface area (Å²) in [5, 5.41) is 10.3. The summed E-state index contributed by atoms with van der Waals surface area (Å²) in [6.45, 7) is 0.375. The molecule has 146 valence electrons. The van der Waals surface area contributed by atoms with Gasteiger partial charge < -0.3 is 9.84 Å². The third kappa shape index (κ3) is 5.50. The van der Waals surface area contributed by atoms with Crippen LogP contribution in [-0.4, -0.2) is 19.3 Å². The normalized spacial score (nSPS) is 11.3. The van der Waals surface area contributed by atoms with Crippen LogP contribution in [0.2, 0.25) is 5.02 Å². The van der Waals surface area contributed by atoms with Gasteiger partial charge in [-0.3, -0.25) is 0 Å². The van der Waals surface area contributed by atoms with Gasteiger partial charge in [-0.2, -0.15) is 0 Å². The molecule has 3 rings (SSSR count). The van der Waals surface area contributed by atoms with E-state index < -0.39 is 9.84 Å². The van der Waals surface area contributed by atoms with Crippen molar-refractivity contribution in [1.82, 2.24) is 0 Å². The van der Waals surface area contributed by atoms with Gasteiger partial charge in [0.25, 0.3) is 0 Å². The molecule has 28 heavy (non-hydrogen) atoms. The van der Waals surface area contributed by atoms with Gasteiger partial charge in [0, 0.05) is 11.1 Å². The Kier molecular flexibility index (Phi) is 6.60. The molecule has 0 saturated carbocycles. The van der Waals surface area contributed by atoms with Crippen LogP contribution in [0.1, 0.15) is 17.5 Å². The number of halogens is 1. The van der Waals surface area contributed by atoms with Gasteiger partial charge in [-0.05, 0) is 54.3 Å². The first kappa shape index (κ1) is 20.2. The number of hydrogen-bond acceptors (Lipinski definition) is 4. The summed E-state index contributed by atoms with van der Waals surface area (Å²) in [4.78, 5) is 0.267. The number of phenols is 1. The Bertz CT molecular complexity index is 1020. The van der Waals surface area contributed by atoms with Crippen LogP contribution in [-0.2, 0) is 22.9 Å². The number of rotatable bonds is 8. The molecule has 4 nitrogen and oxygen atoms in total. The minimum atomic E-state index is -3.37. The quantitative estimate of drug-likeness (QED) is 0.559. The van der Waals surface area contributed by atoms with Crippen LogP contribution in [0.5, 0.6) is 11.5 Å². The van der Waals surface area contributed by atoms with Crippen LogP contribution in [0.25, 0.3) is 0 Å². The monoisotopic (exact) mass is 416 g/mol. The summed E-state index contributed by atoms with van der Waals surface area (Å²) in [7, 11) is -3.37. The Hall–Kier alpha value is -2.50. The van der Waals surface area contributed by atoms with Crippen LogP contribution in [0.3, 0.4) is 0 Å². The summed E-state index contributed by atoms with van der Waals surface area (Å²) in [5.74, 6) is 0.696. The van der Waals surface area contributed by atoms with Crippen molar-refractivity contribution in [1.29, 1.82) is 0 Å². The minimum absolute atomic E-state index is 0.0215. The molecule has 0 aliphatic heterocycles. The molecule has 0 fully saturated rings. The van der Waals surface area contributed by atoms with Gasteiger partial charge in [0.2, 0.25) is 0 Å². The Morgan fingerprint density at radius 2 is 1.64 bits per heavy atom. The fourth-order valence-electron chi connectivity index (χ4n) is 2.83. The third-order valence-electron chi connectivity index (χ3n) is 4.32. The van der Waals surface area contributed by atoms with E-state index in [0.29, 0.717) is 30.2 Å². The Labute approximate surface area is 170 Å². The topological polar surface area (TPSA) is 63.6 Å². The lowest BCUT2D eigenvalue weighted by Crippen LogP contribution is -2.08. The number of aryl methyl sites for hydroxylation is 1. The summed E-state index contributed by atoms with van der Waals surface area (Å²) in [5.41, 5.74) is 1.88. The van der Waals surface area contributed by atoms with Crippen LogP contribution in [0, 0.1) is 0 Å². The van der Waals surface area contributed by atoms with E-state index in [-0.39, 0.29) is 16.4 Å². The first-order valence-electron chi connectivity index (χ1n) is 8.91. The Morgan fingerprint density at radius 3 is 2.36 bits per heavy atom. The molecule has 0 atom stereocenters. The van der Waals surface area contributed by atoms with Gasteiger partial charge >= 0.3 is 0 Å². The molecule has 0 spiro atoms. The molecule has 1 N–H and O–H groups in total. The highest BCUT2D eigenvalue weighted by Crippen LogP contribution is 2.27. The summed E-state index contributed by atoms with van der Waals surface area (Å²) >= 11 is 5.82. The molecule has 0 bridgehead atoms. The molecule has 3 aromatic rings. The molecule has 0 aromatic heterocycles. The SMILES string of the molecule is O=S(=O)(CCCc1ccc(O)cc1OCc1ccccc1)c1ccc(Cl)cc1. The third-order valence-corrected chi connectivity index (χ3v) is 6.39. The van der Waals surface area contributed by atoms with Crippen molar-refractivity contribution in [2.45, 2.75) is 24.3 Å². The van der Waals surface area contributed by atoms with E-state index in [1.54, 1.807) is 30.3 Å². The number of phenolic OH excluding ortho intramolecular Hbond substituents is 1. The lowest BCUT2D eigenvalue weighted by molar-refractivity contribution is 0.301. The van der Waals surface area contributed by atoms with Gasteiger partial charge in [-0.1, -0.05) is 48.0 Å². The largest absolute Gasteiger partial charge is 0.508 e. The van der Waals surface area contributed by atoms with Gasteiger partial charge in [0.05, 0.1) is 10.6 Å². The fourth-order valence-corrected chi connectivity index (χ4v) is 4.27. The second-order valence-corrected chi connectivity index (χ2v) is 8.99. The molecule has 0 unspecified atom stereocenters. The number of benzene rings is 3. The zero-order valence-electron chi connectivity index (χ0n) is 15.2. The van der Waals surface area contributed by atoms with E-state index in [4.69, 9.17) is 16.3 Å². The molecular weight excluding hydrogens is 396 g/mol. The van der Waals surface area contributed by atoms with Gasteiger partial charge in [-0.25, -0.2) is 8.42 Å². The van der Waals surface area contributed by atoms with Crippen LogP contribution >= 0.6 is 11.6 Å². The highest BCUT2D eigenvalue weighted by molar-refractivity contribution is 7.91. The summed E-state index contributed by atoms with van der Waals surface area (Å²) in [6, 6.07) is 20.8. The van der Waals surface area contributed by atoms with Crippen LogP contribution < -0.4 is 4.74 Å². The number of sulfone groups is 1. The van der Waals surface area contributed by atoms with E-state index in [9.17, 15) is 13.5 Å². The smallest absolute Gasteiger partial charge is 0.178 e. The summed E-state index contributed by atoms with van der Waals surface area (Å²) < 4.78 is 30.8. The van der Waals surface area contributed by atoms with Crippen molar-refractivity contribution in [3.63, 3.8) is 0 Å². The predicted molar refractivity (Wildman–Crippen MR) is 111 cm³/mol. The first-order valence-corrected chi connectivity index (χ1v) is 10.9. The number of aromatic hydroxyl groups is 1. The van der Waals surface area contributed by atoms with E-state index in [2.05, 4.69) is 0 Å². The number of ether oxygens (including phenoxy) is 1. The lowest BCUT2D eigenvalue weighted by atomic mass is 10.1. The maximum Gasteiger partial charge on any atom is 0.178 e. The van der Waals surface area contributed by atoms with Crippen LogP contribution in [0.15, 0.2) is 77.7 Å². The number of hydrogen-bond donors (Lipinski definition) is 1. The van der Waals surface area contributed by atoms with Gasteiger partial charge in [0.1, 0.15) is 18.1 Å². The van der Waals surface area contributed by atoms with E-state index in [1.165, 1.54) is 12.1 Å². The summed E-state index contributed by atoms with van der Waals surface area (Å²) in [6.07, 6.45) is 0.967. The second-order valence-electron chi connectivity index (χ2n) is 6.44. The maximum absolute atomic E-state index is 12.5. The highest BCUT2D eigenvalue weighted by Gasteiger charge is 2.15. The van der Waals surface area contributed by atoms with E-state index >= 15 is 0 Å². The minimum Gasteiger partial charge on any atom is -0.508 e. The van der Waals surface area contributed by atoms with Crippen molar-refractivity contribution >= 4 is 21.4 Å². The second kappa shape index (κ2) is 9.13. The van der Waals surface area contributed by atoms with Crippen LogP contribution in [0.4, 0.5) is 0 Å². The lowest BCUT2D eigenvalue weighted by Gasteiger charge is -2.12. The van der Waals surface area contributed by atoms with Gasteiger partial charge in [0.15, 0.2) is 9.84 Å². The van der Waals surface area contributed by atoms with Crippen molar-refractivity contribution in [3.05, 3.63) is 88.9 Å². The zero-order valence-corrected chi connectivity index (χ0v) is 16.8. The zero-order chi connectivity index (χ0) is 20.0. The predicted octanol–water partition coefficient (Wildman–Crippen LogP) is 5.03. The maximum atomic E-state index is 12.5. The molecule has 0 radical (unpaired) electrons. The first-order chi connectivity index (χ1) is 13.4. The van der Waals surface area contributed by atoms with Crippen molar-refractivity contribution in [3.8, 4) is 11.5 Å². The van der Waals surface area contributed by atoms with Crippen molar-refractivity contribution < 1.29 is 18.3 Å². The van der Waals surface area contributed by atoms with Crippen molar-refractivity contribution in [2.75, 3.05) is 5.75 Å². The average molecular weight is 417 g/mol. The molecule has 0 aliphatic carbocycles. The van der Waals surface area contributed by atoms with Crippen molar-refractivity contribution in [2.24, 2.45) is 0 Å². The van der Waals surface area contributed by atoms with Gasteiger partial charge in [-0.15, -0.1) is 0 Å².